The summed E-state index contributed by atoms with van der Waals surface area (Å²) in [4.78, 5) is 16.8. The number of fused-ring (bicyclic) bond motifs is 1. The Morgan fingerprint density at radius 2 is 2.19 bits per heavy atom. The van der Waals surface area contributed by atoms with Gasteiger partial charge in [-0.1, -0.05) is 6.92 Å². The van der Waals surface area contributed by atoms with E-state index in [4.69, 9.17) is 10.2 Å². The van der Waals surface area contributed by atoms with Crippen LogP contribution in [-0.2, 0) is 0 Å². The first kappa shape index (κ1) is 13.9. The van der Waals surface area contributed by atoms with Crippen LogP contribution < -0.4 is 5.73 Å². The second-order valence-corrected chi connectivity index (χ2v) is 5.64. The summed E-state index contributed by atoms with van der Waals surface area (Å²) in [5.74, 6) is 0.361. The van der Waals surface area contributed by atoms with Crippen LogP contribution in [0, 0.1) is 0 Å². The summed E-state index contributed by atoms with van der Waals surface area (Å²) in [6.07, 6.45) is 0. The second-order valence-electron chi connectivity index (χ2n) is 5.64. The van der Waals surface area contributed by atoms with Crippen LogP contribution in [0.4, 0.5) is 5.69 Å². The third-order valence-corrected chi connectivity index (χ3v) is 4.21. The van der Waals surface area contributed by atoms with E-state index in [0.717, 1.165) is 31.6 Å². The van der Waals surface area contributed by atoms with Crippen LogP contribution in [0.2, 0.25) is 0 Å². The number of carbonyl (C=O) groups is 1. The van der Waals surface area contributed by atoms with Gasteiger partial charge in [-0.25, -0.2) is 0 Å². The van der Waals surface area contributed by atoms with Crippen LogP contribution in [-0.4, -0.2) is 47.9 Å². The molecule has 2 heterocycles. The molecule has 0 saturated carbocycles. The quantitative estimate of drug-likeness (QED) is 0.860. The summed E-state index contributed by atoms with van der Waals surface area (Å²) in [6, 6.07) is 7.58. The zero-order valence-electron chi connectivity index (χ0n) is 12.5. The molecule has 21 heavy (non-hydrogen) atoms. The van der Waals surface area contributed by atoms with Crippen LogP contribution >= 0.6 is 0 Å². The van der Waals surface area contributed by atoms with Crippen molar-refractivity contribution >= 4 is 22.6 Å². The smallest absolute Gasteiger partial charge is 0.289 e. The zero-order chi connectivity index (χ0) is 15.0. The van der Waals surface area contributed by atoms with Gasteiger partial charge >= 0.3 is 0 Å². The first-order valence-corrected chi connectivity index (χ1v) is 7.41. The lowest BCUT2D eigenvalue weighted by molar-refractivity contribution is 0.0502. The molecule has 1 saturated heterocycles. The predicted molar refractivity (Wildman–Crippen MR) is 83.2 cm³/mol. The fraction of sp³-hybridized carbons (Fsp3) is 0.438. The van der Waals surface area contributed by atoms with Crippen LogP contribution in [0.25, 0.3) is 11.0 Å². The van der Waals surface area contributed by atoms with Crippen molar-refractivity contribution in [1.29, 1.82) is 0 Å². The maximum Gasteiger partial charge on any atom is 0.289 e. The molecule has 0 spiro atoms. The molecule has 0 radical (unpaired) electrons. The molecule has 1 amide bonds. The number of nitrogens with zero attached hydrogens (tertiary/aromatic N) is 2. The van der Waals surface area contributed by atoms with Gasteiger partial charge in [0, 0.05) is 36.7 Å². The summed E-state index contributed by atoms with van der Waals surface area (Å²) in [5.41, 5.74) is 7.13. The lowest BCUT2D eigenvalue weighted by Gasteiger charge is -2.38. The minimum atomic E-state index is -0.0348. The average molecular weight is 287 g/mol. The number of nitrogens with two attached hydrogens (primary N) is 1. The molecule has 112 valence electrons. The topological polar surface area (TPSA) is 62.7 Å². The monoisotopic (exact) mass is 287 g/mol. The van der Waals surface area contributed by atoms with E-state index in [1.165, 1.54) is 0 Å². The van der Waals surface area contributed by atoms with E-state index in [9.17, 15) is 4.79 Å². The van der Waals surface area contributed by atoms with Crippen molar-refractivity contribution in [1.82, 2.24) is 9.80 Å². The predicted octanol–water partition coefficient (Wildman–Crippen LogP) is 2.18. The number of piperazine rings is 1. The lowest BCUT2D eigenvalue weighted by Crippen LogP contribution is -2.53. The lowest BCUT2D eigenvalue weighted by atomic mass is 10.2. The molecule has 1 aliphatic rings. The van der Waals surface area contributed by atoms with Crippen LogP contribution in [0.3, 0.4) is 0 Å². The minimum Gasteiger partial charge on any atom is -0.451 e. The molecular formula is C16H21N3O2. The summed E-state index contributed by atoms with van der Waals surface area (Å²) in [6.45, 7) is 7.73. The Morgan fingerprint density at radius 3 is 2.90 bits per heavy atom. The number of likely N-dealkylation sites (N-methyl/N-ethyl adjacent to an activating group) is 1. The van der Waals surface area contributed by atoms with Gasteiger partial charge in [0.15, 0.2) is 5.76 Å². The molecule has 1 aromatic heterocycles. The Kier molecular flexibility index (Phi) is 3.59. The number of amides is 1. The number of hydrogen-bond donors (Lipinski definition) is 1. The Bertz CT molecular complexity index is 665. The minimum absolute atomic E-state index is 0.0348. The Hall–Kier alpha value is -2.01. The summed E-state index contributed by atoms with van der Waals surface area (Å²) in [5, 5.41) is 0.874. The van der Waals surface area contributed by atoms with Gasteiger partial charge in [-0.2, -0.15) is 0 Å². The fourth-order valence-corrected chi connectivity index (χ4v) is 2.97. The fourth-order valence-electron chi connectivity index (χ4n) is 2.97. The molecule has 5 nitrogen and oxygen atoms in total. The van der Waals surface area contributed by atoms with Gasteiger partial charge in [0.05, 0.1) is 0 Å². The molecule has 0 bridgehead atoms. The Balaban J connectivity index is 1.80. The zero-order valence-corrected chi connectivity index (χ0v) is 12.5. The third kappa shape index (κ3) is 2.61. The number of rotatable bonds is 2. The number of anilines is 1. The van der Waals surface area contributed by atoms with E-state index in [1.807, 2.05) is 11.0 Å². The number of hydrogen-bond acceptors (Lipinski definition) is 4. The molecular weight excluding hydrogens is 266 g/mol. The molecule has 2 aromatic rings. The van der Waals surface area contributed by atoms with E-state index >= 15 is 0 Å². The van der Waals surface area contributed by atoms with Gasteiger partial charge in [0.25, 0.3) is 5.91 Å². The van der Waals surface area contributed by atoms with Gasteiger partial charge < -0.3 is 15.1 Å². The van der Waals surface area contributed by atoms with E-state index in [-0.39, 0.29) is 5.91 Å². The van der Waals surface area contributed by atoms with Gasteiger partial charge in [0.2, 0.25) is 0 Å². The molecule has 1 aliphatic heterocycles. The highest BCUT2D eigenvalue weighted by molar-refractivity contribution is 5.96. The largest absolute Gasteiger partial charge is 0.451 e. The molecule has 0 aliphatic carbocycles. The number of furan rings is 1. The molecule has 1 atom stereocenters. The summed E-state index contributed by atoms with van der Waals surface area (Å²) in [7, 11) is 0. The first-order chi connectivity index (χ1) is 10.1. The van der Waals surface area contributed by atoms with Crippen LogP contribution in [0.5, 0.6) is 0 Å². The molecule has 2 N–H and O–H groups in total. The molecule has 5 heteroatoms. The SMILES string of the molecule is CCN1CCN(C(=O)c2cc3cc(N)ccc3o2)CC1C. The van der Waals surface area contributed by atoms with Gasteiger partial charge in [-0.15, -0.1) is 0 Å². The maximum atomic E-state index is 12.6. The van der Waals surface area contributed by atoms with Crippen molar-refractivity contribution in [2.45, 2.75) is 19.9 Å². The summed E-state index contributed by atoms with van der Waals surface area (Å²) < 4.78 is 5.67. The number of nitrogen functional groups attached to an aromatic ring is 1. The highest BCUT2D eigenvalue weighted by Gasteiger charge is 2.28. The average Bonchev–Trinajstić information content (AvgIpc) is 2.89. The molecule has 1 fully saturated rings. The van der Waals surface area contributed by atoms with E-state index < -0.39 is 0 Å². The molecule has 1 unspecified atom stereocenters. The summed E-state index contributed by atoms with van der Waals surface area (Å²) >= 11 is 0. The van der Waals surface area contributed by atoms with Crippen LogP contribution in [0.1, 0.15) is 24.4 Å². The van der Waals surface area contributed by atoms with Crippen molar-refractivity contribution in [3.05, 3.63) is 30.0 Å². The van der Waals surface area contributed by atoms with Crippen molar-refractivity contribution < 1.29 is 9.21 Å². The first-order valence-electron chi connectivity index (χ1n) is 7.41. The normalized spacial score (nSPS) is 20.1. The standard InChI is InChI=1S/C16H21N3O2/c1-3-18-6-7-19(10-11(18)2)16(20)15-9-12-8-13(17)4-5-14(12)21-15/h4-5,8-9,11H,3,6-7,10,17H2,1-2H3. The second kappa shape index (κ2) is 5.41. The highest BCUT2D eigenvalue weighted by Crippen LogP contribution is 2.23. The number of benzene rings is 1. The van der Waals surface area contributed by atoms with Gasteiger partial charge in [0.1, 0.15) is 5.58 Å². The van der Waals surface area contributed by atoms with Crippen molar-refractivity contribution in [2.24, 2.45) is 0 Å². The van der Waals surface area contributed by atoms with E-state index in [0.29, 0.717) is 23.1 Å². The highest BCUT2D eigenvalue weighted by atomic mass is 16.3. The van der Waals surface area contributed by atoms with Crippen molar-refractivity contribution in [3.8, 4) is 0 Å². The van der Waals surface area contributed by atoms with E-state index in [2.05, 4.69) is 18.7 Å². The van der Waals surface area contributed by atoms with Gasteiger partial charge in [-0.05, 0) is 37.7 Å². The van der Waals surface area contributed by atoms with Crippen LogP contribution in [0.15, 0.2) is 28.7 Å². The van der Waals surface area contributed by atoms with E-state index in [1.54, 1.807) is 18.2 Å². The van der Waals surface area contributed by atoms with Crippen molar-refractivity contribution in [3.63, 3.8) is 0 Å². The third-order valence-electron chi connectivity index (χ3n) is 4.21. The number of carbonyl (C=O) groups excluding carboxylic acids is 1. The Labute approximate surface area is 124 Å². The van der Waals surface area contributed by atoms with Gasteiger partial charge in [-0.3, -0.25) is 9.69 Å². The molecule has 1 aromatic carbocycles. The molecule has 3 rings (SSSR count). The van der Waals surface area contributed by atoms with Crippen molar-refractivity contribution in [2.75, 3.05) is 31.9 Å². The maximum absolute atomic E-state index is 12.6. The Morgan fingerprint density at radius 1 is 1.38 bits per heavy atom.